The number of ether oxygens (including phenoxy) is 1. The summed E-state index contributed by atoms with van der Waals surface area (Å²) in [6, 6.07) is 0. The molecule has 0 radical (unpaired) electrons. The zero-order valence-corrected chi connectivity index (χ0v) is 6.11. The lowest BCUT2D eigenvalue weighted by molar-refractivity contribution is 0.323. The van der Waals surface area contributed by atoms with Crippen molar-refractivity contribution in [3.63, 3.8) is 0 Å². The third-order valence-corrected chi connectivity index (χ3v) is 0.773. The van der Waals surface area contributed by atoms with E-state index in [4.69, 9.17) is 10.3 Å². The number of azide groups is 1. The van der Waals surface area contributed by atoms with E-state index in [1.807, 2.05) is 6.92 Å². The van der Waals surface area contributed by atoms with Gasteiger partial charge in [-0.2, -0.15) is 0 Å². The van der Waals surface area contributed by atoms with Crippen molar-refractivity contribution in [1.82, 2.24) is 0 Å². The van der Waals surface area contributed by atoms with Crippen LogP contribution < -0.4 is 0 Å². The fraction of sp³-hybridized carbons (Fsp3) is 0.800. The summed E-state index contributed by atoms with van der Waals surface area (Å²) in [5.74, 6) is 0.551. The van der Waals surface area contributed by atoms with Crippen LogP contribution in [0.25, 0.3) is 10.4 Å². The van der Waals surface area contributed by atoms with Gasteiger partial charge in [-0.25, -0.2) is 4.99 Å². The smallest absolute Gasteiger partial charge is 0.180 e. The Kier molecular flexibility index (Phi) is 5.19. The molecule has 0 rings (SSSR count). The summed E-state index contributed by atoms with van der Waals surface area (Å²) in [4.78, 5) is 6.31. The van der Waals surface area contributed by atoms with E-state index in [9.17, 15) is 0 Å². The van der Waals surface area contributed by atoms with Gasteiger partial charge < -0.3 is 4.74 Å². The quantitative estimate of drug-likeness (QED) is 0.194. The third kappa shape index (κ3) is 4.93. The maximum absolute atomic E-state index is 7.86. The molecule has 5 nitrogen and oxygen atoms in total. The van der Waals surface area contributed by atoms with Gasteiger partial charge in [0.1, 0.15) is 6.67 Å². The maximum atomic E-state index is 7.86. The van der Waals surface area contributed by atoms with Crippen LogP contribution >= 0.6 is 0 Å². The van der Waals surface area contributed by atoms with Crippen molar-refractivity contribution >= 4 is 5.90 Å². The van der Waals surface area contributed by atoms with E-state index in [0.29, 0.717) is 12.5 Å². The Balaban J connectivity index is 3.56. The van der Waals surface area contributed by atoms with Gasteiger partial charge in [0.25, 0.3) is 0 Å². The summed E-state index contributed by atoms with van der Waals surface area (Å²) in [5, 5.41) is 3.21. The van der Waals surface area contributed by atoms with Gasteiger partial charge in [0.15, 0.2) is 5.90 Å². The molecule has 0 aromatic rings. The number of hydrogen-bond acceptors (Lipinski definition) is 3. The van der Waals surface area contributed by atoms with Gasteiger partial charge in [0.2, 0.25) is 0 Å². The van der Waals surface area contributed by atoms with E-state index in [1.165, 1.54) is 0 Å². The normalized spacial score (nSPS) is 10.4. The molecule has 0 aliphatic heterocycles. The van der Waals surface area contributed by atoms with Gasteiger partial charge in [0, 0.05) is 11.8 Å². The first kappa shape index (κ1) is 8.78. The fourth-order valence-corrected chi connectivity index (χ4v) is 0.414. The molecular formula is C5H10N4O. The van der Waals surface area contributed by atoms with Crippen LogP contribution in [0.4, 0.5) is 0 Å². The van der Waals surface area contributed by atoms with E-state index in [1.54, 1.807) is 6.92 Å². The van der Waals surface area contributed by atoms with Crippen molar-refractivity contribution in [3.05, 3.63) is 10.4 Å². The van der Waals surface area contributed by atoms with E-state index in [-0.39, 0.29) is 6.67 Å². The van der Waals surface area contributed by atoms with E-state index in [0.717, 1.165) is 0 Å². The molecule has 0 saturated heterocycles. The van der Waals surface area contributed by atoms with Crippen LogP contribution in [0.3, 0.4) is 0 Å². The number of hydrogen-bond donors (Lipinski definition) is 0. The molecule has 0 amide bonds. The van der Waals surface area contributed by atoms with Gasteiger partial charge in [-0.3, -0.25) is 0 Å². The second-order valence-electron chi connectivity index (χ2n) is 1.48. The molecule has 0 heterocycles. The van der Waals surface area contributed by atoms with Crippen LogP contribution in [-0.2, 0) is 4.74 Å². The molecule has 0 atom stereocenters. The molecule has 0 unspecified atom stereocenters. The number of aliphatic imine (C=N–C) groups is 1. The van der Waals surface area contributed by atoms with Gasteiger partial charge in [-0.1, -0.05) is 5.11 Å². The maximum Gasteiger partial charge on any atom is 0.180 e. The van der Waals surface area contributed by atoms with Gasteiger partial charge in [-0.15, -0.1) is 0 Å². The predicted molar refractivity (Wildman–Crippen MR) is 38.7 cm³/mol. The summed E-state index contributed by atoms with van der Waals surface area (Å²) >= 11 is 0. The first-order valence-electron chi connectivity index (χ1n) is 2.96. The lowest BCUT2D eigenvalue weighted by Crippen LogP contribution is -1.98. The molecule has 5 heteroatoms. The molecule has 0 aliphatic rings. The topological polar surface area (TPSA) is 70.4 Å². The zero-order chi connectivity index (χ0) is 7.82. The van der Waals surface area contributed by atoms with E-state index in [2.05, 4.69) is 15.0 Å². The number of rotatable bonds is 3. The van der Waals surface area contributed by atoms with Crippen molar-refractivity contribution in [2.75, 3.05) is 13.3 Å². The largest absolute Gasteiger partial charge is 0.481 e. The lowest BCUT2D eigenvalue weighted by atomic mass is 10.7. The first-order chi connectivity index (χ1) is 4.81. The van der Waals surface area contributed by atoms with Crippen molar-refractivity contribution < 1.29 is 4.74 Å². The van der Waals surface area contributed by atoms with Crippen LogP contribution in [0.15, 0.2) is 10.1 Å². The molecule has 0 aromatic heterocycles. The van der Waals surface area contributed by atoms with Crippen LogP contribution in [0.2, 0.25) is 0 Å². The van der Waals surface area contributed by atoms with Crippen LogP contribution in [0.5, 0.6) is 0 Å². The standard InChI is InChI=1S/C5H10N4O/c1-3-10-5(2)7-4-8-9-6/h3-4H2,1-2H3/b7-5+. The van der Waals surface area contributed by atoms with Crippen LogP contribution in [0, 0.1) is 0 Å². The molecule has 0 N–H and O–H groups in total. The number of nitrogens with zero attached hydrogens (tertiary/aromatic N) is 4. The summed E-state index contributed by atoms with van der Waals surface area (Å²) in [5.41, 5.74) is 7.86. The Labute approximate surface area is 59.3 Å². The monoisotopic (exact) mass is 142 g/mol. The molecule has 0 fully saturated rings. The van der Waals surface area contributed by atoms with E-state index < -0.39 is 0 Å². The Morgan fingerprint density at radius 1 is 1.70 bits per heavy atom. The Bertz CT molecular complexity index is 159. The molecule has 0 aromatic carbocycles. The van der Waals surface area contributed by atoms with Crippen LogP contribution in [-0.4, -0.2) is 19.2 Å². The SMILES string of the molecule is CCO/C(C)=N/CN=[N+]=[N-]. The minimum atomic E-state index is 0.113. The highest BCUT2D eigenvalue weighted by Gasteiger charge is 1.84. The van der Waals surface area contributed by atoms with Crippen LogP contribution in [0.1, 0.15) is 13.8 Å². The van der Waals surface area contributed by atoms with Gasteiger partial charge in [-0.05, 0) is 12.5 Å². The molecule has 10 heavy (non-hydrogen) atoms. The minimum absolute atomic E-state index is 0.113. The van der Waals surface area contributed by atoms with Crippen molar-refractivity contribution in [1.29, 1.82) is 0 Å². The Morgan fingerprint density at radius 2 is 2.40 bits per heavy atom. The molecule has 0 bridgehead atoms. The van der Waals surface area contributed by atoms with Crippen molar-refractivity contribution in [2.45, 2.75) is 13.8 Å². The molecule has 0 aliphatic carbocycles. The van der Waals surface area contributed by atoms with Gasteiger partial charge in [0.05, 0.1) is 6.61 Å². The average Bonchev–Trinajstić information content (AvgIpc) is 1.89. The predicted octanol–water partition coefficient (Wildman–Crippen LogP) is 1.71. The molecule has 56 valence electrons. The second kappa shape index (κ2) is 5.91. The highest BCUT2D eigenvalue weighted by Crippen LogP contribution is 1.82. The van der Waals surface area contributed by atoms with Crippen molar-refractivity contribution in [3.8, 4) is 0 Å². The second-order valence-corrected chi connectivity index (χ2v) is 1.48. The highest BCUT2D eigenvalue weighted by molar-refractivity contribution is 5.72. The Morgan fingerprint density at radius 3 is 2.90 bits per heavy atom. The fourth-order valence-electron chi connectivity index (χ4n) is 0.414. The average molecular weight is 142 g/mol. The highest BCUT2D eigenvalue weighted by atomic mass is 16.5. The summed E-state index contributed by atoms with van der Waals surface area (Å²) in [7, 11) is 0. The summed E-state index contributed by atoms with van der Waals surface area (Å²) in [6.45, 7) is 4.29. The summed E-state index contributed by atoms with van der Waals surface area (Å²) < 4.78 is 4.96. The third-order valence-electron chi connectivity index (χ3n) is 0.773. The molecule has 0 spiro atoms. The molecular weight excluding hydrogens is 132 g/mol. The lowest BCUT2D eigenvalue weighted by Gasteiger charge is -1.98. The molecule has 0 saturated carbocycles. The Hall–Kier alpha value is -1.22. The summed E-state index contributed by atoms with van der Waals surface area (Å²) in [6.07, 6.45) is 0. The van der Waals surface area contributed by atoms with E-state index >= 15 is 0 Å². The van der Waals surface area contributed by atoms with Gasteiger partial charge >= 0.3 is 0 Å². The zero-order valence-electron chi connectivity index (χ0n) is 6.11. The first-order valence-corrected chi connectivity index (χ1v) is 2.96. The van der Waals surface area contributed by atoms with Crippen molar-refractivity contribution in [2.24, 2.45) is 10.1 Å². The minimum Gasteiger partial charge on any atom is -0.481 e.